The van der Waals surface area contributed by atoms with Gasteiger partial charge >= 0.3 is 11.9 Å². The maximum absolute atomic E-state index is 11.5. The van der Waals surface area contributed by atoms with Crippen molar-refractivity contribution in [3.63, 3.8) is 0 Å². The van der Waals surface area contributed by atoms with Crippen LogP contribution in [0.3, 0.4) is 0 Å². The molecule has 6 heteroatoms. The molecule has 0 fully saturated rings. The lowest BCUT2D eigenvalue weighted by molar-refractivity contribution is -0.142. The minimum atomic E-state index is -1.03. The second-order valence-corrected chi connectivity index (χ2v) is 6.33. The minimum Gasteiger partial charge on any atom is -0.481 e. The van der Waals surface area contributed by atoms with E-state index in [0.717, 1.165) is 16.7 Å². The number of aliphatic carboxylic acids is 2. The first-order chi connectivity index (χ1) is 13.0. The van der Waals surface area contributed by atoms with Gasteiger partial charge in [-0.1, -0.05) is 54.6 Å². The van der Waals surface area contributed by atoms with E-state index in [-0.39, 0.29) is 31.7 Å². The van der Waals surface area contributed by atoms with E-state index in [1.165, 1.54) is 0 Å². The average molecular weight is 369 g/mol. The fraction of sp³-hybridized carbons (Fsp3) is 0.286. The van der Waals surface area contributed by atoms with Crippen molar-refractivity contribution >= 4 is 17.8 Å². The molecule has 3 N–H and O–H groups in total. The van der Waals surface area contributed by atoms with Crippen molar-refractivity contribution in [2.24, 2.45) is 5.92 Å². The molecule has 2 rings (SSSR count). The van der Waals surface area contributed by atoms with Crippen LogP contribution in [0.2, 0.25) is 0 Å². The number of carboxylic acids is 2. The lowest BCUT2D eigenvalue weighted by Crippen LogP contribution is -2.28. The average Bonchev–Trinajstić information content (AvgIpc) is 2.66. The Morgan fingerprint density at radius 3 is 2.07 bits per heavy atom. The van der Waals surface area contributed by atoms with Crippen LogP contribution in [-0.4, -0.2) is 34.6 Å². The molecule has 0 aliphatic heterocycles. The van der Waals surface area contributed by atoms with E-state index in [4.69, 9.17) is 5.11 Å². The summed E-state index contributed by atoms with van der Waals surface area (Å²) >= 11 is 0. The Kier molecular flexibility index (Phi) is 7.55. The third-order valence-electron chi connectivity index (χ3n) is 4.27. The summed E-state index contributed by atoms with van der Waals surface area (Å²) < 4.78 is 0. The molecule has 0 saturated carbocycles. The zero-order valence-corrected chi connectivity index (χ0v) is 14.9. The molecule has 0 aromatic heterocycles. The predicted molar refractivity (Wildman–Crippen MR) is 101 cm³/mol. The van der Waals surface area contributed by atoms with Crippen LogP contribution < -0.4 is 5.32 Å². The van der Waals surface area contributed by atoms with Crippen molar-refractivity contribution in [3.05, 3.63) is 60.2 Å². The molecule has 0 heterocycles. The van der Waals surface area contributed by atoms with Crippen molar-refractivity contribution in [2.45, 2.75) is 25.7 Å². The van der Waals surface area contributed by atoms with E-state index in [0.29, 0.717) is 6.42 Å². The van der Waals surface area contributed by atoms with Crippen molar-refractivity contribution in [3.8, 4) is 11.1 Å². The summed E-state index contributed by atoms with van der Waals surface area (Å²) in [5.41, 5.74) is 3.08. The van der Waals surface area contributed by atoms with Gasteiger partial charge in [0.25, 0.3) is 0 Å². The SMILES string of the molecule is O=C(O)CCC(=O)NCCC(Cc1ccc(-c2ccccc2)cc1)C(=O)O. The number of nitrogens with one attached hydrogen (secondary N) is 1. The summed E-state index contributed by atoms with van der Waals surface area (Å²) in [5.74, 6) is -2.95. The van der Waals surface area contributed by atoms with Crippen LogP contribution in [0.15, 0.2) is 54.6 Å². The van der Waals surface area contributed by atoms with E-state index >= 15 is 0 Å². The van der Waals surface area contributed by atoms with E-state index in [9.17, 15) is 19.5 Å². The highest BCUT2D eigenvalue weighted by Gasteiger charge is 2.18. The first-order valence-electron chi connectivity index (χ1n) is 8.81. The molecule has 0 aliphatic rings. The van der Waals surface area contributed by atoms with Crippen molar-refractivity contribution in [1.29, 1.82) is 0 Å². The lowest BCUT2D eigenvalue weighted by Gasteiger charge is -2.13. The van der Waals surface area contributed by atoms with Gasteiger partial charge in [-0.25, -0.2) is 0 Å². The summed E-state index contributed by atoms with van der Waals surface area (Å²) in [6.07, 6.45) is 0.319. The topological polar surface area (TPSA) is 104 Å². The van der Waals surface area contributed by atoms with E-state index in [2.05, 4.69) is 5.32 Å². The predicted octanol–water partition coefficient (Wildman–Crippen LogP) is 2.97. The quantitative estimate of drug-likeness (QED) is 0.597. The largest absolute Gasteiger partial charge is 0.481 e. The molecule has 1 amide bonds. The van der Waals surface area contributed by atoms with Crippen LogP contribution in [0.5, 0.6) is 0 Å². The maximum atomic E-state index is 11.5. The fourth-order valence-corrected chi connectivity index (χ4v) is 2.76. The number of benzene rings is 2. The molecular formula is C21H23NO5. The Balaban J connectivity index is 1.87. The summed E-state index contributed by atoms with van der Waals surface area (Å²) in [5, 5.41) is 20.5. The van der Waals surface area contributed by atoms with Gasteiger partial charge in [-0.2, -0.15) is 0 Å². The number of amides is 1. The van der Waals surface area contributed by atoms with Crippen molar-refractivity contribution in [1.82, 2.24) is 5.32 Å². The Morgan fingerprint density at radius 2 is 1.48 bits per heavy atom. The smallest absolute Gasteiger partial charge is 0.306 e. The molecule has 27 heavy (non-hydrogen) atoms. The van der Waals surface area contributed by atoms with Crippen LogP contribution in [0.1, 0.15) is 24.8 Å². The minimum absolute atomic E-state index is 0.103. The highest BCUT2D eigenvalue weighted by molar-refractivity contribution is 5.80. The molecule has 0 radical (unpaired) electrons. The monoisotopic (exact) mass is 369 g/mol. The number of hydrogen-bond donors (Lipinski definition) is 3. The standard InChI is InChI=1S/C21H23NO5/c23-19(10-11-20(24)25)22-13-12-18(21(26)27)14-15-6-8-17(9-7-15)16-4-2-1-3-5-16/h1-9,18H,10-14H2,(H,22,23)(H,24,25)(H,26,27). The summed E-state index contributed by atoms with van der Waals surface area (Å²) in [4.78, 5) is 33.4. The molecule has 6 nitrogen and oxygen atoms in total. The van der Waals surface area contributed by atoms with Gasteiger partial charge in [0, 0.05) is 13.0 Å². The number of carboxylic acid groups (broad SMARTS) is 2. The van der Waals surface area contributed by atoms with E-state index < -0.39 is 17.9 Å². The van der Waals surface area contributed by atoms with Gasteiger partial charge in [0.1, 0.15) is 0 Å². The Morgan fingerprint density at radius 1 is 0.852 bits per heavy atom. The molecule has 0 saturated heterocycles. The molecular weight excluding hydrogens is 346 g/mol. The highest BCUT2D eigenvalue weighted by Crippen LogP contribution is 2.21. The van der Waals surface area contributed by atoms with E-state index in [1.54, 1.807) is 0 Å². The van der Waals surface area contributed by atoms with Crippen molar-refractivity contribution < 1.29 is 24.6 Å². The Hall–Kier alpha value is -3.15. The molecule has 142 valence electrons. The van der Waals surface area contributed by atoms with Gasteiger partial charge < -0.3 is 15.5 Å². The zero-order chi connectivity index (χ0) is 19.6. The van der Waals surface area contributed by atoms with Crippen LogP contribution in [0.4, 0.5) is 0 Å². The van der Waals surface area contributed by atoms with Gasteiger partial charge in [-0.15, -0.1) is 0 Å². The summed E-state index contributed by atoms with van der Waals surface area (Å²) in [6.45, 7) is 0.206. The van der Waals surface area contributed by atoms with Gasteiger partial charge in [0.15, 0.2) is 0 Å². The number of carbonyl (C=O) groups excluding carboxylic acids is 1. The first-order valence-corrected chi connectivity index (χ1v) is 8.81. The number of carbonyl (C=O) groups is 3. The molecule has 0 spiro atoms. The Labute approximate surface area is 157 Å². The molecule has 0 aliphatic carbocycles. The first kappa shape index (κ1) is 20.2. The van der Waals surface area contributed by atoms with E-state index in [1.807, 2.05) is 54.6 Å². The normalized spacial score (nSPS) is 11.6. The third kappa shape index (κ3) is 6.93. The van der Waals surface area contributed by atoms with Crippen LogP contribution in [-0.2, 0) is 20.8 Å². The van der Waals surface area contributed by atoms with Gasteiger partial charge in [-0.05, 0) is 29.5 Å². The van der Waals surface area contributed by atoms with Gasteiger partial charge in [0.05, 0.1) is 12.3 Å². The second-order valence-electron chi connectivity index (χ2n) is 6.33. The lowest BCUT2D eigenvalue weighted by atomic mass is 9.94. The molecule has 2 aromatic rings. The van der Waals surface area contributed by atoms with Crippen molar-refractivity contribution in [2.75, 3.05) is 6.54 Å². The molecule has 1 unspecified atom stereocenters. The fourth-order valence-electron chi connectivity index (χ4n) is 2.76. The second kappa shape index (κ2) is 10.1. The maximum Gasteiger partial charge on any atom is 0.306 e. The summed E-state index contributed by atoms with van der Waals surface area (Å²) in [6, 6.07) is 17.7. The highest BCUT2D eigenvalue weighted by atomic mass is 16.4. The zero-order valence-electron chi connectivity index (χ0n) is 14.9. The van der Waals surface area contributed by atoms with Gasteiger partial charge in [-0.3, -0.25) is 14.4 Å². The third-order valence-corrected chi connectivity index (χ3v) is 4.27. The number of hydrogen-bond acceptors (Lipinski definition) is 3. The van der Waals surface area contributed by atoms with Gasteiger partial charge in [0.2, 0.25) is 5.91 Å². The van der Waals surface area contributed by atoms with Crippen LogP contribution in [0.25, 0.3) is 11.1 Å². The van der Waals surface area contributed by atoms with Crippen LogP contribution >= 0.6 is 0 Å². The molecule has 0 bridgehead atoms. The molecule has 1 atom stereocenters. The Bertz CT molecular complexity index is 771. The summed E-state index contributed by atoms with van der Waals surface area (Å²) in [7, 11) is 0. The number of rotatable bonds is 10. The van der Waals surface area contributed by atoms with Crippen LogP contribution in [0, 0.1) is 5.92 Å². The molecule has 2 aromatic carbocycles.